The number of carbonyl (C=O) groups excluding carboxylic acids is 1. The molecule has 0 saturated heterocycles. The van der Waals surface area contributed by atoms with E-state index in [1.54, 1.807) is 6.07 Å². The van der Waals surface area contributed by atoms with Gasteiger partial charge in [-0.1, -0.05) is 0 Å². The van der Waals surface area contributed by atoms with Crippen molar-refractivity contribution in [3.05, 3.63) is 11.8 Å². The van der Waals surface area contributed by atoms with Gasteiger partial charge >= 0.3 is 0 Å². The fourth-order valence-electron chi connectivity index (χ4n) is 1.09. The van der Waals surface area contributed by atoms with Crippen LogP contribution in [-0.2, 0) is 4.79 Å². The Hall–Kier alpha value is -1.32. The van der Waals surface area contributed by atoms with Crippen molar-refractivity contribution in [2.45, 2.75) is 18.8 Å². The van der Waals surface area contributed by atoms with E-state index in [9.17, 15) is 4.79 Å². The largest absolute Gasteiger partial charge is 0.383 e. The number of hydrogen-bond donors (Lipinski definition) is 1. The van der Waals surface area contributed by atoms with Crippen LogP contribution in [0.15, 0.2) is 6.07 Å². The molecule has 1 aromatic heterocycles. The maximum absolute atomic E-state index is 10.3. The molecule has 1 saturated carbocycles. The van der Waals surface area contributed by atoms with Crippen molar-refractivity contribution in [2.75, 3.05) is 5.73 Å². The summed E-state index contributed by atoms with van der Waals surface area (Å²) >= 11 is 0. The predicted octanol–water partition coefficient (Wildman–Crippen LogP) is 0.381. The lowest BCUT2D eigenvalue weighted by Gasteiger charge is -1.87. The smallest absolute Gasteiger partial charge is 0.235 e. The van der Waals surface area contributed by atoms with Gasteiger partial charge in [-0.3, -0.25) is 4.79 Å². The minimum atomic E-state index is 0.432. The van der Waals surface area contributed by atoms with E-state index in [1.807, 2.05) is 0 Å². The zero-order chi connectivity index (χ0) is 7.84. The molecule has 0 atom stereocenters. The van der Waals surface area contributed by atoms with E-state index in [1.165, 1.54) is 17.5 Å². The molecule has 2 N–H and O–H groups in total. The predicted molar refractivity (Wildman–Crippen MR) is 40.8 cm³/mol. The van der Waals surface area contributed by atoms with Crippen LogP contribution >= 0.6 is 0 Å². The molecule has 0 spiro atoms. The Morgan fingerprint density at radius 3 is 2.91 bits per heavy atom. The van der Waals surface area contributed by atoms with E-state index >= 15 is 0 Å². The number of anilines is 1. The Bertz CT molecular complexity index is 288. The van der Waals surface area contributed by atoms with E-state index in [2.05, 4.69) is 5.10 Å². The third kappa shape index (κ3) is 1.00. The number of rotatable bonds is 2. The molecule has 58 valence electrons. The molecule has 0 radical (unpaired) electrons. The van der Waals surface area contributed by atoms with Gasteiger partial charge in [-0.25, -0.2) is 0 Å². The van der Waals surface area contributed by atoms with Gasteiger partial charge in [0.25, 0.3) is 0 Å². The maximum atomic E-state index is 10.3. The van der Waals surface area contributed by atoms with Crippen molar-refractivity contribution < 1.29 is 4.79 Å². The monoisotopic (exact) mass is 151 g/mol. The second kappa shape index (κ2) is 2.08. The summed E-state index contributed by atoms with van der Waals surface area (Å²) in [5.74, 6) is 0.986. The van der Waals surface area contributed by atoms with E-state index in [0.717, 1.165) is 5.69 Å². The molecule has 0 aliphatic heterocycles. The number of carbonyl (C=O) groups is 1. The minimum Gasteiger partial charge on any atom is -0.383 e. The lowest BCUT2D eigenvalue weighted by molar-refractivity contribution is 0.541. The summed E-state index contributed by atoms with van der Waals surface area (Å²) in [5.41, 5.74) is 6.44. The average Bonchev–Trinajstić information content (AvgIpc) is 2.76. The Labute approximate surface area is 64.0 Å². The first-order valence-corrected chi connectivity index (χ1v) is 3.61. The zero-order valence-corrected chi connectivity index (χ0v) is 6.03. The minimum absolute atomic E-state index is 0.432. The molecule has 11 heavy (non-hydrogen) atoms. The van der Waals surface area contributed by atoms with Crippen LogP contribution in [0.5, 0.6) is 0 Å². The summed E-state index contributed by atoms with van der Waals surface area (Å²) in [7, 11) is 0. The second-order valence-electron chi connectivity index (χ2n) is 2.82. The van der Waals surface area contributed by atoms with E-state index in [0.29, 0.717) is 18.1 Å². The van der Waals surface area contributed by atoms with Crippen LogP contribution in [0.2, 0.25) is 0 Å². The van der Waals surface area contributed by atoms with Crippen LogP contribution in [0, 0.1) is 0 Å². The molecule has 1 aliphatic rings. The third-order valence-electron chi connectivity index (χ3n) is 1.88. The standard InChI is InChI=1S/C7H9N3O/c8-7-3-6(5-1-2-5)9-10(7)4-11/h3-5H,1-2,8H2. The number of nitrogen functional groups attached to an aromatic ring is 1. The van der Waals surface area contributed by atoms with E-state index in [-0.39, 0.29) is 0 Å². The number of nitrogens with zero attached hydrogens (tertiary/aromatic N) is 2. The molecule has 4 heteroatoms. The van der Waals surface area contributed by atoms with Crippen molar-refractivity contribution in [2.24, 2.45) is 0 Å². The normalized spacial score (nSPS) is 16.7. The van der Waals surface area contributed by atoms with Crippen molar-refractivity contribution in [3.8, 4) is 0 Å². The van der Waals surface area contributed by atoms with Gasteiger partial charge in [0.1, 0.15) is 5.82 Å². The fraction of sp³-hybridized carbons (Fsp3) is 0.429. The molecule has 4 nitrogen and oxygen atoms in total. The lowest BCUT2D eigenvalue weighted by Crippen LogP contribution is -2.01. The summed E-state index contributed by atoms with van der Waals surface area (Å²) in [6.07, 6.45) is 2.98. The Morgan fingerprint density at radius 1 is 1.73 bits per heavy atom. The summed E-state index contributed by atoms with van der Waals surface area (Å²) in [6.45, 7) is 0. The Kier molecular flexibility index (Phi) is 1.21. The van der Waals surface area contributed by atoms with Crippen molar-refractivity contribution in [1.82, 2.24) is 9.78 Å². The van der Waals surface area contributed by atoms with E-state index < -0.39 is 0 Å². The van der Waals surface area contributed by atoms with Crippen LogP contribution < -0.4 is 5.73 Å². The molecule has 0 bridgehead atoms. The third-order valence-corrected chi connectivity index (χ3v) is 1.88. The molecule has 1 fully saturated rings. The Balaban J connectivity index is 2.35. The topological polar surface area (TPSA) is 60.9 Å². The van der Waals surface area contributed by atoms with Crippen LogP contribution in [0.4, 0.5) is 5.82 Å². The van der Waals surface area contributed by atoms with Crippen LogP contribution in [-0.4, -0.2) is 16.2 Å². The highest BCUT2D eigenvalue weighted by Crippen LogP contribution is 2.39. The van der Waals surface area contributed by atoms with Crippen LogP contribution in [0.3, 0.4) is 0 Å². The lowest BCUT2D eigenvalue weighted by atomic mass is 10.3. The summed E-state index contributed by atoms with van der Waals surface area (Å²) in [4.78, 5) is 10.3. The average molecular weight is 151 g/mol. The quantitative estimate of drug-likeness (QED) is 0.621. The van der Waals surface area contributed by atoms with Gasteiger partial charge in [0.15, 0.2) is 0 Å². The van der Waals surface area contributed by atoms with Gasteiger partial charge in [0.2, 0.25) is 6.41 Å². The molecule has 1 aliphatic carbocycles. The molecule has 1 heterocycles. The van der Waals surface area contributed by atoms with Crippen molar-refractivity contribution >= 4 is 12.2 Å². The van der Waals surface area contributed by atoms with Gasteiger partial charge < -0.3 is 5.73 Å². The van der Waals surface area contributed by atoms with Crippen molar-refractivity contribution in [3.63, 3.8) is 0 Å². The van der Waals surface area contributed by atoms with E-state index in [4.69, 9.17) is 5.73 Å². The van der Waals surface area contributed by atoms with Gasteiger partial charge in [-0.05, 0) is 12.8 Å². The highest BCUT2D eigenvalue weighted by Gasteiger charge is 2.26. The second-order valence-corrected chi connectivity index (χ2v) is 2.82. The first-order valence-electron chi connectivity index (χ1n) is 3.61. The molecular weight excluding hydrogens is 142 g/mol. The summed E-state index contributed by atoms with van der Waals surface area (Å²) < 4.78 is 1.17. The first kappa shape index (κ1) is 6.39. The summed E-state index contributed by atoms with van der Waals surface area (Å²) in [6, 6.07) is 1.77. The van der Waals surface area contributed by atoms with Crippen LogP contribution in [0.25, 0.3) is 0 Å². The fourth-order valence-corrected chi connectivity index (χ4v) is 1.09. The molecule has 2 rings (SSSR count). The highest BCUT2D eigenvalue weighted by molar-refractivity contribution is 5.58. The molecule has 0 amide bonds. The first-order chi connectivity index (χ1) is 5.31. The maximum Gasteiger partial charge on any atom is 0.235 e. The molecular formula is C7H9N3O. The summed E-state index contributed by atoms with van der Waals surface area (Å²) in [5, 5.41) is 4.01. The molecule has 0 aromatic carbocycles. The van der Waals surface area contributed by atoms with Crippen molar-refractivity contribution in [1.29, 1.82) is 0 Å². The van der Waals surface area contributed by atoms with Crippen LogP contribution in [0.1, 0.15) is 24.5 Å². The van der Waals surface area contributed by atoms with Gasteiger partial charge in [0, 0.05) is 12.0 Å². The zero-order valence-electron chi connectivity index (χ0n) is 6.03. The van der Waals surface area contributed by atoms with Gasteiger partial charge in [-0.2, -0.15) is 9.78 Å². The number of hydrogen-bond acceptors (Lipinski definition) is 3. The molecule has 0 unspecified atom stereocenters. The van der Waals surface area contributed by atoms with Gasteiger partial charge in [0.05, 0.1) is 5.69 Å². The number of nitrogens with two attached hydrogens (primary N) is 1. The SMILES string of the molecule is Nc1cc(C2CC2)nn1C=O. The van der Waals surface area contributed by atoms with Gasteiger partial charge in [-0.15, -0.1) is 0 Å². The molecule has 1 aromatic rings. The Morgan fingerprint density at radius 2 is 2.45 bits per heavy atom. The number of aromatic nitrogens is 2. The highest BCUT2D eigenvalue weighted by atomic mass is 16.1.